The molecule has 0 spiro atoms. The Kier molecular flexibility index (Phi) is 7.74. The molecule has 3 aromatic carbocycles. The predicted octanol–water partition coefficient (Wildman–Crippen LogP) is 3.07. The molecular formula is C26H30N4O3S. The molecule has 34 heavy (non-hydrogen) atoms. The van der Waals surface area contributed by atoms with Gasteiger partial charge in [0.2, 0.25) is 15.9 Å². The normalized spacial score (nSPS) is 15.4. The Morgan fingerprint density at radius 3 is 1.85 bits per heavy atom. The van der Waals surface area contributed by atoms with E-state index in [4.69, 9.17) is 5.14 Å². The van der Waals surface area contributed by atoms with E-state index >= 15 is 0 Å². The molecule has 3 N–H and O–H groups in total. The molecule has 7 nitrogen and oxygen atoms in total. The van der Waals surface area contributed by atoms with Crippen molar-refractivity contribution in [2.75, 3.05) is 38.0 Å². The number of hydrogen-bond acceptors (Lipinski definition) is 5. The SMILES string of the molecule is NS(=O)(=O)c1ccc(NC(=O)CCN2CCN(C(c3ccccc3)c3ccccc3)CC2)cc1. The average molecular weight is 479 g/mol. The molecule has 8 heteroatoms. The number of amides is 1. The smallest absolute Gasteiger partial charge is 0.238 e. The molecule has 0 aliphatic carbocycles. The van der Waals surface area contributed by atoms with Crippen molar-refractivity contribution in [1.29, 1.82) is 0 Å². The largest absolute Gasteiger partial charge is 0.326 e. The Balaban J connectivity index is 1.30. The topological polar surface area (TPSA) is 95.7 Å². The number of sulfonamides is 1. The van der Waals surface area contributed by atoms with E-state index in [1.807, 2.05) is 12.1 Å². The number of anilines is 1. The highest BCUT2D eigenvalue weighted by atomic mass is 32.2. The lowest BCUT2D eigenvalue weighted by Gasteiger charge is -2.39. The van der Waals surface area contributed by atoms with Gasteiger partial charge in [0, 0.05) is 44.8 Å². The second kappa shape index (κ2) is 10.9. The molecule has 0 saturated carbocycles. The zero-order valence-electron chi connectivity index (χ0n) is 19.0. The average Bonchev–Trinajstić information content (AvgIpc) is 2.85. The third kappa shape index (κ3) is 6.30. The molecule has 178 valence electrons. The Hall–Kier alpha value is -3.04. The Labute approximate surface area is 201 Å². The first-order valence-corrected chi connectivity index (χ1v) is 12.9. The molecule has 1 heterocycles. The first kappa shape index (κ1) is 24.1. The van der Waals surface area contributed by atoms with Gasteiger partial charge in [-0.05, 0) is 35.4 Å². The number of piperazine rings is 1. The van der Waals surface area contributed by atoms with Crippen molar-refractivity contribution in [2.45, 2.75) is 17.4 Å². The van der Waals surface area contributed by atoms with Crippen LogP contribution in [0.4, 0.5) is 5.69 Å². The molecule has 0 unspecified atom stereocenters. The number of benzene rings is 3. The van der Waals surface area contributed by atoms with E-state index in [0.717, 1.165) is 26.2 Å². The number of nitrogens with two attached hydrogens (primary N) is 1. The second-order valence-corrected chi connectivity index (χ2v) is 10.0. The fourth-order valence-corrected chi connectivity index (χ4v) is 4.86. The number of nitrogens with zero attached hydrogens (tertiary/aromatic N) is 2. The summed E-state index contributed by atoms with van der Waals surface area (Å²) in [7, 11) is -3.74. The third-order valence-corrected chi connectivity index (χ3v) is 7.05. The van der Waals surface area contributed by atoms with Gasteiger partial charge in [-0.25, -0.2) is 13.6 Å². The maximum atomic E-state index is 12.4. The van der Waals surface area contributed by atoms with Crippen molar-refractivity contribution in [3.05, 3.63) is 96.1 Å². The van der Waals surface area contributed by atoms with Gasteiger partial charge in [0.1, 0.15) is 0 Å². The van der Waals surface area contributed by atoms with Crippen LogP contribution in [0.5, 0.6) is 0 Å². The van der Waals surface area contributed by atoms with Crippen molar-refractivity contribution in [3.63, 3.8) is 0 Å². The van der Waals surface area contributed by atoms with Crippen LogP contribution in [0.2, 0.25) is 0 Å². The van der Waals surface area contributed by atoms with E-state index in [-0.39, 0.29) is 16.8 Å². The highest BCUT2D eigenvalue weighted by Crippen LogP contribution is 2.29. The molecule has 0 atom stereocenters. The summed E-state index contributed by atoms with van der Waals surface area (Å²) >= 11 is 0. The molecule has 1 aliphatic heterocycles. The van der Waals surface area contributed by atoms with Crippen LogP contribution in [-0.2, 0) is 14.8 Å². The van der Waals surface area contributed by atoms with E-state index in [9.17, 15) is 13.2 Å². The van der Waals surface area contributed by atoms with Crippen molar-refractivity contribution in [3.8, 4) is 0 Å². The molecule has 4 rings (SSSR count). The van der Waals surface area contributed by atoms with Crippen LogP contribution in [-0.4, -0.2) is 56.8 Å². The minimum atomic E-state index is -3.74. The number of carbonyl (C=O) groups is 1. The van der Waals surface area contributed by atoms with Crippen LogP contribution in [0.15, 0.2) is 89.8 Å². The molecule has 1 fully saturated rings. The van der Waals surface area contributed by atoms with Crippen molar-refractivity contribution < 1.29 is 13.2 Å². The first-order chi connectivity index (χ1) is 16.4. The maximum Gasteiger partial charge on any atom is 0.238 e. The number of carbonyl (C=O) groups excluding carboxylic acids is 1. The van der Waals surface area contributed by atoms with Crippen LogP contribution < -0.4 is 10.5 Å². The van der Waals surface area contributed by atoms with Gasteiger partial charge in [-0.2, -0.15) is 0 Å². The molecule has 0 bridgehead atoms. The van der Waals surface area contributed by atoms with Gasteiger partial charge in [0.15, 0.2) is 0 Å². The van der Waals surface area contributed by atoms with Crippen molar-refractivity contribution in [2.24, 2.45) is 5.14 Å². The van der Waals surface area contributed by atoms with Crippen LogP contribution in [0.3, 0.4) is 0 Å². The molecule has 1 amide bonds. The van der Waals surface area contributed by atoms with Gasteiger partial charge in [-0.15, -0.1) is 0 Å². The summed E-state index contributed by atoms with van der Waals surface area (Å²) in [5, 5.41) is 7.93. The minimum absolute atomic E-state index is 0.0210. The predicted molar refractivity (Wildman–Crippen MR) is 134 cm³/mol. The summed E-state index contributed by atoms with van der Waals surface area (Å²) in [6.07, 6.45) is 0.373. The van der Waals surface area contributed by atoms with E-state index < -0.39 is 10.0 Å². The zero-order valence-corrected chi connectivity index (χ0v) is 19.8. The van der Waals surface area contributed by atoms with E-state index in [1.165, 1.54) is 23.3 Å². The van der Waals surface area contributed by atoms with E-state index in [1.54, 1.807) is 12.1 Å². The summed E-state index contributed by atoms with van der Waals surface area (Å²) < 4.78 is 22.7. The third-order valence-electron chi connectivity index (χ3n) is 6.12. The molecule has 1 saturated heterocycles. The van der Waals surface area contributed by atoms with Crippen molar-refractivity contribution >= 4 is 21.6 Å². The summed E-state index contributed by atoms with van der Waals surface area (Å²) in [4.78, 5) is 17.2. The minimum Gasteiger partial charge on any atom is -0.326 e. The highest BCUT2D eigenvalue weighted by molar-refractivity contribution is 7.89. The van der Waals surface area contributed by atoms with Gasteiger partial charge in [0.25, 0.3) is 0 Å². The fraction of sp³-hybridized carbons (Fsp3) is 0.269. The Morgan fingerprint density at radius 2 is 1.35 bits per heavy atom. The molecule has 0 radical (unpaired) electrons. The Bertz CT molecular complexity index is 1140. The van der Waals surface area contributed by atoms with Gasteiger partial charge < -0.3 is 10.2 Å². The number of primary sulfonamides is 1. The lowest BCUT2D eigenvalue weighted by atomic mass is 9.96. The van der Waals surface area contributed by atoms with Gasteiger partial charge in [-0.1, -0.05) is 60.7 Å². The molecule has 3 aromatic rings. The number of hydrogen-bond donors (Lipinski definition) is 2. The van der Waals surface area contributed by atoms with Crippen molar-refractivity contribution in [1.82, 2.24) is 9.80 Å². The first-order valence-electron chi connectivity index (χ1n) is 11.4. The summed E-state index contributed by atoms with van der Waals surface area (Å²) in [6, 6.07) is 27.3. The highest BCUT2D eigenvalue weighted by Gasteiger charge is 2.26. The lowest BCUT2D eigenvalue weighted by Crippen LogP contribution is -2.48. The van der Waals surface area contributed by atoms with E-state index in [0.29, 0.717) is 18.7 Å². The van der Waals surface area contributed by atoms with Gasteiger partial charge in [0.05, 0.1) is 10.9 Å². The summed E-state index contributed by atoms with van der Waals surface area (Å²) in [5.41, 5.74) is 3.13. The fourth-order valence-electron chi connectivity index (χ4n) is 4.34. The number of rotatable bonds is 8. The van der Waals surface area contributed by atoms with E-state index in [2.05, 4.69) is 63.6 Å². The van der Waals surface area contributed by atoms with Crippen LogP contribution in [0, 0.1) is 0 Å². The second-order valence-electron chi connectivity index (χ2n) is 8.47. The van der Waals surface area contributed by atoms with Gasteiger partial charge in [-0.3, -0.25) is 9.69 Å². The summed E-state index contributed by atoms with van der Waals surface area (Å²) in [6.45, 7) is 4.31. The standard InChI is InChI=1S/C26H30N4O3S/c27-34(32,33)24-13-11-23(12-14-24)28-25(31)15-16-29-17-19-30(20-18-29)26(21-7-3-1-4-8-21)22-9-5-2-6-10-22/h1-14,26H,15-20H2,(H,28,31)(H2,27,32,33). The van der Waals surface area contributed by atoms with Gasteiger partial charge >= 0.3 is 0 Å². The zero-order chi connectivity index (χ0) is 24.0. The monoisotopic (exact) mass is 478 g/mol. The molecular weight excluding hydrogens is 448 g/mol. The maximum absolute atomic E-state index is 12.4. The molecule has 1 aliphatic rings. The van der Waals surface area contributed by atoms with Crippen LogP contribution in [0.25, 0.3) is 0 Å². The molecule has 0 aromatic heterocycles. The Morgan fingerprint density at radius 1 is 0.824 bits per heavy atom. The lowest BCUT2D eigenvalue weighted by molar-refractivity contribution is -0.116. The van der Waals surface area contributed by atoms with Crippen LogP contribution >= 0.6 is 0 Å². The van der Waals surface area contributed by atoms with Crippen LogP contribution in [0.1, 0.15) is 23.6 Å². The number of nitrogens with one attached hydrogen (secondary N) is 1. The summed E-state index contributed by atoms with van der Waals surface area (Å²) in [5.74, 6) is -0.0998. The quantitative estimate of drug-likeness (QED) is 0.519.